The Labute approximate surface area is 106 Å². The van der Waals surface area contributed by atoms with Crippen LogP contribution in [0.15, 0.2) is 12.1 Å². The van der Waals surface area contributed by atoms with E-state index in [0.29, 0.717) is 0 Å². The number of benzene rings is 1. The molecule has 0 fully saturated rings. The number of hydrogen-bond acceptors (Lipinski definition) is 4. The van der Waals surface area contributed by atoms with E-state index in [0.717, 1.165) is 12.1 Å². The van der Waals surface area contributed by atoms with Crippen LogP contribution in [-0.4, -0.2) is 22.0 Å². The van der Waals surface area contributed by atoms with E-state index in [-0.39, 0.29) is 21.4 Å². The predicted octanol–water partition coefficient (Wildman–Crippen LogP) is 2.79. The highest BCUT2D eigenvalue weighted by Gasteiger charge is 2.18. The molecule has 0 amide bonds. The molecule has 1 aromatic carbocycles. The summed E-state index contributed by atoms with van der Waals surface area (Å²) in [4.78, 5) is 20.5. The van der Waals surface area contributed by atoms with Crippen molar-refractivity contribution < 1.29 is 14.8 Å². The number of aliphatic carboxylic acids is 1. The van der Waals surface area contributed by atoms with Gasteiger partial charge in [0.15, 0.2) is 0 Å². The van der Waals surface area contributed by atoms with Gasteiger partial charge < -0.3 is 10.4 Å². The topological polar surface area (TPSA) is 92.5 Å². The summed E-state index contributed by atoms with van der Waals surface area (Å²) in [5.41, 5.74) is -0.0950. The van der Waals surface area contributed by atoms with Crippen molar-refractivity contribution in [3.8, 4) is 0 Å². The summed E-state index contributed by atoms with van der Waals surface area (Å²) in [5, 5.41) is 21.8. The summed E-state index contributed by atoms with van der Waals surface area (Å²) in [6, 6.07) is 1.29. The Morgan fingerprint density at radius 3 is 2.29 bits per heavy atom. The Morgan fingerprint density at radius 1 is 1.47 bits per heavy atom. The fraction of sp³-hybridized carbons (Fsp3) is 0.222. The first-order valence-corrected chi connectivity index (χ1v) is 5.21. The Kier molecular flexibility index (Phi) is 4.14. The van der Waals surface area contributed by atoms with Crippen LogP contribution in [0, 0.1) is 10.1 Å². The molecule has 0 aliphatic heterocycles. The molecule has 0 aromatic heterocycles. The number of anilines is 1. The molecule has 1 rings (SSSR count). The molecule has 1 aromatic rings. The number of nitro groups is 1. The smallest absolute Gasteiger partial charge is 0.325 e. The van der Waals surface area contributed by atoms with Crippen molar-refractivity contribution in [2.75, 3.05) is 5.32 Å². The molecule has 0 bridgehead atoms. The van der Waals surface area contributed by atoms with Crippen LogP contribution in [0.3, 0.4) is 0 Å². The maximum Gasteiger partial charge on any atom is 0.325 e. The van der Waals surface area contributed by atoms with Gasteiger partial charge >= 0.3 is 5.97 Å². The molecular formula is C9H8Cl2N2O4. The molecule has 0 radical (unpaired) electrons. The molecule has 92 valence electrons. The molecular weight excluding hydrogens is 271 g/mol. The molecule has 0 spiro atoms. The second-order valence-corrected chi connectivity index (χ2v) is 4.06. The minimum atomic E-state index is -1.09. The monoisotopic (exact) mass is 278 g/mol. The van der Waals surface area contributed by atoms with Gasteiger partial charge in [-0.05, 0) is 6.92 Å². The number of carboxylic acids is 1. The quantitative estimate of drug-likeness (QED) is 0.653. The fourth-order valence-corrected chi connectivity index (χ4v) is 1.67. The Balaban J connectivity index is 3.10. The molecule has 0 aliphatic carbocycles. The van der Waals surface area contributed by atoms with Gasteiger partial charge in [-0.15, -0.1) is 0 Å². The predicted molar refractivity (Wildman–Crippen MR) is 63.8 cm³/mol. The number of nitrogens with one attached hydrogen (secondary N) is 1. The summed E-state index contributed by atoms with van der Waals surface area (Å²) in [5.74, 6) is -1.09. The molecule has 1 atom stereocenters. The summed E-state index contributed by atoms with van der Waals surface area (Å²) in [6.07, 6.45) is 0. The fourth-order valence-electron chi connectivity index (χ4n) is 1.08. The van der Waals surface area contributed by atoms with Crippen LogP contribution in [0.25, 0.3) is 0 Å². The second kappa shape index (κ2) is 5.20. The minimum Gasteiger partial charge on any atom is -0.480 e. The van der Waals surface area contributed by atoms with Crippen LogP contribution in [0.4, 0.5) is 11.4 Å². The van der Waals surface area contributed by atoms with Crippen molar-refractivity contribution in [1.82, 2.24) is 0 Å². The van der Waals surface area contributed by atoms with Gasteiger partial charge in [-0.25, -0.2) is 0 Å². The van der Waals surface area contributed by atoms with Crippen molar-refractivity contribution in [3.05, 3.63) is 32.3 Å². The van der Waals surface area contributed by atoms with E-state index >= 15 is 0 Å². The average Bonchev–Trinajstić information content (AvgIpc) is 2.22. The number of halogens is 2. The highest BCUT2D eigenvalue weighted by atomic mass is 35.5. The zero-order valence-electron chi connectivity index (χ0n) is 8.61. The molecule has 6 nitrogen and oxygen atoms in total. The number of non-ortho nitro benzene ring substituents is 1. The lowest BCUT2D eigenvalue weighted by Gasteiger charge is -2.13. The van der Waals surface area contributed by atoms with E-state index in [1.807, 2.05) is 0 Å². The molecule has 0 saturated heterocycles. The van der Waals surface area contributed by atoms with Crippen LogP contribution in [0.5, 0.6) is 0 Å². The van der Waals surface area contributed by atoms with Gasteiger partial charge in [0.2, 0.25) is 0 Å². The largest absolute Gasteiger partial charge is 0.480 e. The molecule has 0 aliphatic rings. The van der Waals surface area contributed by atoms with Crippen LogP contribution in [0.2, 0.25) is 10.0 Å². The Hall–Kier alpha value is -1.53. The molecule has 0 saturated carbocycles. The maximum absolute atomic E-state index is 10.6. The number of carbonyl (C=O) groups is 1. The lowest BCUT2D eigenvalue weighted by atomic mass is 10.2. The average molecular weight is 279 g/mol. The summed E-state index contributed by atoms with van der Waals surface area (Å²) >= 11 is 11.6. The van der Waals surface area contributed by atoms with Gasteiger partial charge in [-0.3, -0.25) is 14.9 Å². The van der Waals surface area contributed by atoms with Crippen molar-refractivity contribution in [1.29, 1.82) is 0 Å². The third-order valence-electron chi connectivity index (χ3n) is 1.97. The third-order valence-corrected chi connectivity index (χ3v) is 2.57. The number of hydrogen-bond donors (Lipinski definition) is 2. The van der Waals surface area contributed by atoms with E-state index in [2.05, 4.69) is 5.32 Å². The minimum absolute atomic E-state index is 0.00250. The van der Waals surface area contributed by atoms with Gasteiger partial charge in [0.1, 0.15) is 6.04 Å². The van der Waals surface area contributed by atoms with E-state index < -0.39 is 16.9 Å². The van der Waals surface area contributed by atoms with Gasteiger partial charge in [0.05, 0.1) is 20.7 Å². The summed E-state index contributed by atoms with van der Waals surface area (Å²) in [7, 11) is 0. The molecule has 17 heavy (non-hydrogen) atoms. The normalized spacial score (nSPS) is 11.9. The highest BCUT2D eigenvalue weighted by Crippen LogP contribution is 2.34. The second-order valence-electron chi connectivity index (χ2n) is 3.25. The number of carboxylic acid groups (broad SMARTS) is 1. The number of nitro benzene ring substituents is 1. The maximum atomic E-state index is 10.6. The lowest BCUT2D eigenvalue weighted by molar-refractivity contribution is -0.384. The lowest BCUT2D eigenvalue weighted by Crippen LogP contribution is -2.25. The third kappa shape index (κ3) is 3.21. The Bertz CT molecular complexity index is 455. The van der Waals surface area contributed by atoms with E-state index in [1.54, 1.807) is 0 Å². The molecule has 8 heteroatoms. The zero-order valence-corrected chi connectivity index (χ0v) is 10.1. The van der Waals surface area contributed by atoms with Crippen molar-refractivity contribution in [2.45, 2.75) is 13.0 Å². The number of nitrogens with zero attached hydrogens (tertiary/aromatic N) is 1. The first kappa shape index (κ1) is 13.5. The van der Waals surface area contributed by atoms with Gasteiger partial charge in [0, 0.05) is 12.1 Å². The number of rotatable bonds is 4. The molecule has 1 unspecified atom stereocenters. The van der Waals surface area contributed by atoms with E-state index in [1.165, 1.54) is 6.92 Å². The molecule has 0 heterocycles. The zero-order chi connectivity index (χ0) is 13.2. The van der Waals surface area contributed by atoms with E-state index in [4.69, 9.17) is 28.3 Å². The van der Waals surface area contributed by atoms with Crippen LogP contribution >= 0.6 is 23.2 Å². The standard InChI is InChI=1S/C9H8Cl2N2O4/c1-4(9(14)15)12-8-6(10)2-5(13(16)17)3-7(8)11/h2-4,12H,1H3,(H,14,15). The van der Waals surface area contributed by atoms with Crippen molar-refractivity contribution >= 4 is 40.5 Å². The van der Waals surface area contributed by atoms with Crippen molar-refractivity contribution in [2.24, 2.45) is 0 Å². The van der Waals surface area contributed by atoms with Gasteiger partial charge in [0.25, 0.3) is 5.69 Å². The van der Waals surface area contributed by atoms with E-state index in [9.17, 15) is 14.9 Å². The van der Waals surface area contributed by atoms with Crippen LogP contribution in [-0.2, 0) is 4.79 Å². The van der Waals surface area contributed by atoms with Crippen LogP contribution < -0.4 is 5.32 Å². The van der Waals surface area contributed by atoms with Gasteiger partial charge in [-0.2, -0.15) is 0 Å². The van der Waals surface area contributed by atoms with Gasteiger partial charge in [-0.1, -0.05) is 23.2 Å². The SMILES string of the molecule is CC(Nc1c(Cl)cc([N+](=O)[O-])cc1Cl)C(=O)O. The summed E-state index contributed by atoms with van der Waals surface area (Å²) < 4.78 is 0. The first-order chi connectivity index (χ1) is 7.82. The highest BCUT2D eigenvalue weighted by molar-refractivity contribution is 6.39. The summed E-state index contributed by atoms with van der Waals surface area (Å²) in [6.45, 7) is 1.40. The van der Waals surface area contributed by atoms with Crippen LogP contribution in [0.1, 0.15) is 6.92 Å². The first-order valence-electron chi connectivity index (χ1n) is 4.45. The Morgan fingerprint density at radius 2 is 1.94 bits per heavy atom. The van der Waals surface area contributed by atoms with Crippen molar-refractivity contribution in [3.63, 3.8) is 0 Å². The molecule has 2 N–H and O–H groups in total.